The number of nitrogens with zero attached hydrogens (tertiary/aromatic N) is 7. The molecule has 55 heavy (non-hydrogen) atoms. The third-order valence-corrected chi connectivity index (χ3v) is 12.6. The molecule has 3 aromatic heterocycles. The molecule has 1 spiro atoms. The first-order valence-corrected chi connectivity index (χ1v) is 19.4. The average Bonchev–Trinajstić information content (AvgIpc) is 3.74. The number of hydrogen-bond donors (Lipinski definition) is 3. The van der Waals surface area contributed by atoms with E-state index >= 15 is 0 Å². The van der Waals surface area contributed by atoms with Crippen LogP contribution in [-0.2, 0) is 22.1 Å². The van der Waals surface area contributed by atoms with E-state index in [1.807, 2.05) is 37.4 Å². The number of aromatic amines is 1. The van der Waals surface area contributed by atoms with Crippen molar-refractivity contribution in [1.82, 2.24) is 39.6 Å². The zero-order valence-electron chi connectivity index (χ0n) is 31.1. The van der Waals surface area contributed by atoms with Crippen molar-refractivity contribution in [3.05, 3.63) is 82.0 Å². The molecule has 4 aliphatic heterocycles. The van der Waals surface area contributed by atoms with Crippen LogP contribution in [0, 0.1) is 12.8 Å². The van der Waals surface area contributed by atoms with Crippen LogP contribution in [0.15, 0.2) is 59.5 Å². The highest BCUT2D eigenvalue weighted by Crippen LogP contribution is 2.50. The molecule has 14 nitrogen and oxygen atoms in total. The van der Waals surface area contributed by atoms with Gasteiger partial charge in [0.25, 0.3) is 5.91 Å². The number of aryl methyl sites for hydroxylation is 2. The Morgan fingerprint density at radius 3 is 2.40 bits per heavy atom. The van der Waals surface area contributed by atoms with Crippen molar-refractivity contribution in [3.8, 4) is 22.8 Å². The predicted octanol–water partition coefficient (Wildman–Crippen LogP) is 3.11. The third kappa shape index (κ3) is 5.72. The molecule has 2 aromatic carbocycles. The first-order valence-electron chi connectivity index (χ1n) is 19.4. The van der Waals surface area contributed by atoms with Gasteiger partial charge in [0, 0.05) is 106 Å². The molecule has 3 N–H and O–H groups in total. The number of piperidine rings is 1. The van der Waals surface area contributed by atoms with Crippen LogP contribution < -0.4 is 26.1 Å². The van der Waals surface area contributed by atoms with Gasteiger partial charge in [0.15, 0.2) is 5.82 Å². The number of amides is 3. The van der Waals surface area contributed by atoms with Crippen molar-refractivity contribution in [2.45, 2.75) is 44.1 Å². The number of imidazole rings is 1. The molecule has 282 valence electrons. The van der Waals surface area contributed by atoms with Crippen LogP contribution in [-0.4, -0.2) is 99.1 Å². The maximum atomic E-state index is 13.2. The molecule has 14 heteroatoms. The number of benzene rings is 2. The number of H-pyrrole nitrogens is 1. The first-order chi connectivity index (χ1) is 26.6. The van der Waals surface area contributed by atoms with Gasteiger partial charge in [-0.25, -0.2) is 14.8 Å². The minimum Gasteiger partial charge on any atom is -0.371 e. The highest BCUT2D eigenvalue weighted by Gasteiger charge is 2.50. The summed E-state index contributed by atoms with van der Waals surface area (Å²) in [6.45, 7) is 9.61. The molecular weight excluding hydrogens is 697 g/mol. The minimum absolute atomic E-state index is 0.0171. The normalized spacial score (nSPS) is 21.1. The van der Waals surface area contributed by atoms with Crippen LogP contribution in [0.3, 0.4) is 0 Å². The molecule has 4 fully saturated rings. The van der Waals surface area contributed by atoms with E-state index in [1.54, 1.807) is 11.6 Å². The Labute approximate surface area is 317 Å². The average molecular weight is 741 g/mol. The molecule has 3 saturated heterocycles. The summed E-state index contributed by atoms with van der Waals surface area (Å²) in [5.74, 6) is 0.508. The summed E-state index contributed by atoms with van der Waals surface area (Å²) in [5.41, 5.74) is 8.98. The van der Waals surface area contributed by atoms with Crippen LogP contribution in [0.5, 0.6) is 0 Å². The highest BCUT2D eigenvalue weighted by molar-refractivity contribution is 6.00. The van der Waals surface area contributed by atoms with Crippen molar-refractivity contribution in [1.29, 1.82) is 0 Å². The van der Waals surface area contributed by atoms with Crippen molar-refractivity contribution in [2.24, 2.45) is 13.0 Å². The number of carbonyl (C=O) groups is 3. The summed E-state index contributed by atoms with van der Waals surface area (Å²) in [5, 5.41) is 5.43. The van der Waals surface area contributed by atoms with Crippen molar-refractivity contribution in [2.75, 3.05) is 62.2 Å². The van der Waals surface area contributed by atoms with Gasteiger partial charge in [-0.15, -0.1) is 0 Å². The van der Waals surface area contributed by atoms with Crippen molar-refractivity contribution < 1.29 is 14.4 Å². The van der Waals surface area contributed by atoms with E-state index in [1.165, 1.54) is 10.3 Å². The van der Waals surface area contributed by atoms with E-state index in [0.717, 1.165) is 104 Å². The zero-order chi connectivity index (χ0) is 37.6. The largest absolute Gasteiger partial charge is 0.371 e. The van der Waals surface area contributed by atoms with E-state index in [4.69, 9.17) is 4.98 Å². The molecule has 5 aromatic rings. The number of hydrogen-bond acceptors (Lipinski definition) is 9. The predicted molar refractivity (Wildman–Crippen MR) is 208 cm³/mol. The minimum atomic E-state index is -0.681. The summed E-state index contributed by atoms with van der Waals surface area (Å²) < 4.78 is 3.13. The maximum Gasteiger partial charge on any atom is 0.329 e. The van der Waals surface area contributed by atoms with E-state index < -0.39 is 11.9 Å². The SMILES string of the molecule is Cc1cnc(-c2ccc(N3CCN(CC4CN(c5ccc6c(c5)n(C)c(=O)n6C5CCC(=O)NC5=O)C4)CC3)cc2)nc1-c1cc2c([nH]1)C1(CC1)CNC2=O. The van der Waals surface area contributed by atoms with Gasteiger partial charge in [0.05, 0.1) is 28.0 Å². The maximum absolute atomic E-state index is 13.2. The molecule has 0 radical (unpaired) electrons. The van der Waals surface area contributed by atoms with Crippen LogP contribution >= 0.6 is 0 Å². The zero-order valence-corrected chi connectivity index (χ0v) is 31.1. The second-order valence-corrected chi connectivity index (χ2v) is 16.1. The molecule has 1 unspecified atom stereocenters. The van der Waals surface area contributed by atoms with Crippen molar-refractivity contribution >= 4 is 40.1 Å². The molecule has 1 saturated carbocycles. The molecular formula is C41H44N10O4. The standard InChI is InChI=1S/C41H44N10O4/c1-24-19-42-37(46-35(24)30-18-29-36(44-30)41(11-12-41)23-43-38(29)53)26-3-5-27(6-4-26)49-15-13-48(14-16-49)20-25-21-50(22-25)28-7-8-31-33(17-28)47(2)40(55)51(31)32-9-10-34(52)45-39(32)54/h3-8,17-19,25,32,44H,9-16,20-23H2,1-2H3,(H,43,53)(H,45,52,54). The quantitative estimate of drug-likeness (QED) is 0.214. The van der Waals surface area contributed by atoms with Crippen LogP contribution in [0.1, 0.15) is 53.3 Å². The Bertz CT molecular complexity index is 2440. The number of anilines is 2. The fourth-order valence-corrected chi connectivity index (χ4v) is 9.09. The number of carbonyl (C=O) groups excluding carboxylic acids is 3. The fraction of sp³-hybridized carbons (Fsp3) is 0.415. The number of nitrogens with one attached hydrogen (secondary N) is 3. The summed E-state index contributed by atoms with van der Waals surface area (Å²) in [6, 6.07) is 15.8. The van der Waals surface area contributed by atoms with Gasteiger partial charge >= 0.3 is 5.69 Å². The van der Waals surface area contributed by atoms with Gasteiger partial charge in [-0.2, -0.15) is 0 Å². The molecule has 0 bridgehead atoms. The van der Waals surface area contributed by atoms with Crippen molar-refractivity contribution in [3.63, 3.8) is 0 Å². The second-order valence-electron chi connectivity index (χ2n) is 16.1. The van der Waals surface area contributed by atoms with Crippen LogP contribution in [0.25, 0.3) is 33.8 Å². The van der Waals surface area contributed by atoms with Gasteiger partial charge in [-0.05, 0) is 80.3 Å². The van der Waals surface area contributed by atoms with E-state index in [0.29, 0.717) is 30.2 Å². The van der Waals surface area contributed by atoms with Gasteiger partial charge in [0.1, 0.15) is 6.04 Å². The lowest BCUT2D eigenvalue weighted by atomic mass is 9.95. The van der Waals surface area contributed by atoms with E-state index in [9.17, 15) is 19.2 Å². The molecule has 1 atom stereocenters. The van der Waals surface area contributed by atoms with Crippen LogP contribution in [0.4, 0.5) is 11.4 Å². The van der Waals surface area contributed by atoms with Gasteiger partial charge < -0.3 is 20.1 Å². The fourth-order valence-electron chi connectivity index (χ4n) is 9.09. The van der Waals surface area contributed by atoms with Gasteiger partial charge in [-0.3, -0.25) is 33.7 Å². The molecule has 10 rings (SSSR count). The lowest BCUT2D eigenvalue weighted by molar-refractivity contribution is -0.135. The summed E-state index contributed by atoms with van der Waals surface area (Å²) >= 11 is 0. The Morgan fingerprint density at radius 1 is 0.891 bits per heavy atom. The number of rotatable bonds is 7. The van der Waals surface area contributed by atoms with Gasteiger partial charge in [-0.1, -0.05) is 0 Å². The highest BCUT2D eigenvalue weighted by atomic mass is 16.2. The Hall–Kier alpha value is -5.76. The Morgan fingerprint density at radius 2 is 1.65 bits per heavy atom. The monoisotopic (exact) mass is 740 g/mol. The molecule has 3 amide bonds. The second kappa shape index (κ2) is 12.7. The first kappa shape index (κ1) is 33.8. The third-order valence-electron chi connectivity index (χ3n) is 12.6. The lowest BCUT2D eigenvalue weighted by Crippen LogP contribution is -2.55. The Kier molecular flexibility index (Phi) is 7.77. The number of fused-ring (bicyclic) bond motifs is 3. The number of piperazine rings is 1. The summed E-state index contributed by atoms with van der Waals surface area (Å²) in [7, 11) is 1.74. The van der Waals surface area contributed by atoms with Crippen LogP contribution in [0.2, 0.25) is 0 Å². The molecule has 1 aliphatic carbocycles. The van der Waals surface area contributed by atoms with E-state index in [-0.39, 0.29) is 29.3 Å². The smallest absolute Gasteiger partial charge is 0.329 e. The topological polar surface area (TPSA) is 153 Å². The number of aromatic nitrogens is 5. The lowest BCUT2D eigenvalue weighted by Gasteiger charge is -2.45. The summed E-state index contributed by atoms with van der Waals surface area (Å²) in [6.07, 6.45) is 4.60. The summed E-state index contributed by atoms with van der Waals surface area (Å²) in [4.78, 5) is 70.6. The van der Waals surface area contributed by atoms with Gasteiger partial charge in [0.2, 0.25) is 11.8 Å². The number of imide groups is 1. The Balaban J connectivity index is 0.747. The van der Waals surface area contributed by atoms with E-state index in [2.05, 4.69) is 59.6 Å². The molecule has 5 aliphatic rings. The molecule has 7 heterocycles.